The van der Waals surface area contributed by atoms with Crippen molar-refractivity contribution >= 4 is 12.0 Å². The molecule has 5 nitrogen and oxygen atoms in total. The van der Waals surface area contributed by atoms with Crippen molar-refractivity contribution in [2.45, 2.75) is 27.7 Å². The van der Waals surface area contributed by atoms with Gasteiger partial charge in [-0.05, 0) is 5.41 Å². The van der Waals surface area contributed by atoms with Gasteiger partial charge in [0, 0.05) is 32.6 Å². The van der Waals surface area contributed by atoms with Gasteiger partial charge in [-0.3, -0.25) is 4.79 Å². The number of rotatable bonds is 3. The fraction of sp³-hybridized carbons (Fsp3) is 0.846. The number of amides is 2. The summed E-state index contributed by atoms with van der Waals surface area (Å²) in [5.74, 6) is -1.06. The molecule has 18 heavy (non-hydrogen) atoms. The Balaban J connectivity index is 2.41. The van der Waals surface area contributed by atoms with Crippen LogP contribution in [0, 0.1) is 17.3 Å². The van der Waals surface area contributed by atoms with E-state index in [-0.39, 0.29) is 23.3 Å². The molecule has 1 N–H and O–H groups in total. The quantitative estimate of drug-likeness (QED) is 0.836. The Morgan fingerprint density at radius 1 is 1.39 bits per heavy atom. The third-order valence-electron chi connectivity index (χ3n) is 3.32. The highest BCUT2D eigenvalue weighted by atomic mass is 16.4. The van der Waals surface area contributed by atoms with E-state index in [9.17, 15) is 9.59 Å². The van der Waals surface area contributed by atoms with Gasteiger partial charge in [-0.2, -0.15) is 0 Å². The monoisotopic (exact) mass is 256 g/mol. The Bertz CT molecular complexity index is 330. The molecular formula is C13H24N2O3. The molecule has 1 aliphatic rings. The van der Waals surface area contributed by atoms with E-state index in [4.69, 9.17) is 5.11 Å². The minimum atomic E-state index is -0.782. The van der Waals surface area contributed by atoms with Gasteiger partial charge in [0.25, 0.3) is 0 Å². The van der Waals surface area contributed by atoms with Crippen LogP contribution in [0.3, 0.4) is 0 Å². The fourth-order valence-corrected chi connectivity index (χ4v) is 2.21. The summed E-state index contributed by atoms with van der Waals surface area (Å²) >= 11 is 0. The number of carboxylic acid groups (broad SMARTS) is 1. The number of carboxylic acids is 1. The van der Waals surface area contributed by atoms with Gasteiger partial charge in [-0.25, -0.2) is 4.79 Å². The van der Waals surface area contributed by atoms with Crippen molar-refractivity contribution < 1.29 is 14.7 Å². The molecule has 1 aliphatic heterocycles. The predicted molar refractivity (Wildman–Crippen MR) is 69.3 cm³/mol. The van der Waals surface area contributed by atoms with Gasteiger partial charge in [-0.15, -0.1) is 0 Å². The van der Waals surface area contributed by atoms with E-state index in [0.29, 0.717) is 19.6 Å². The second-order valence-electron chi connectivity index (χ2n) is 6.49. The lowest BCUT2D eigenvalue weighted by Gasteiger charge is -2.43. The summed E-state index contributed by atoms with van der Waals surface area (Å²) in [4.78, 5) is 26.3. The van der Waals surface area contributed by atoms with Crippen LogP contribution in [0.2, 0.25) is 0 Å². The van der Waals surface area contributed by atoms with Gasteiger partial charge >= 0.3 is 12.0 Å². The van der Waals surface area contributed by atoms with E-state index in [1.807, 2.05) is 0 Å². The van der Waals surface area contributed by atoms with Gasteiger partial charge in [0.1, 0.15) is 0 Å². The zero-order valence-corrected chi connectivity index (χ0v) is 11.9. The number of aliphatic carboxylic acids is 1. The molecular weight excluding hydrogens is 232 g/mol. The summed E-state index contributed by atoms with van der Waals surface area (Å²) in [6.07, 6.45) is 0. The van der Waals surface area contributed by atoms with Gasteiger partial charge in [-0.1, -0.05) is 27.7 Å². The summed E-state index contributed by atoms with van der Waals surface area (Å²) < 4.78 is 0. The molecule has 1 heterocycles. The van der Waals surface area contributed by atoms with Crippen molar-refractivity contribution in [3.05, 3.63) is 0 Å². The molecule has 0 radical (unpaired) electrons. The summed E-state index contributed by atoms with van der Waals surface area (Å²) in [7, 11) is 1.79. The molecule has 1 fully saturated rings. The third kappa shape index (κ3) is 3.62. The first kappa shape index (κ1) is 14.8. The molecule has 0 aromatic rings. The van der Waals surface area contributed by atoms with Gasteiger partial charge in [0.2, 0.25) is 0 Å². The number of carbonyl (C=O) groups excluding carboxylic acids is 1. The first-order valence-corrected chi connectivity index (χ1v) is 6.34. The predicted octanol–water partition coefficient (Wildman–Crippen LogP) is 1.74. The maximum Gasteiger partial charge on any atom is 0.319 e. The highest BCUT2D eigenvalue weighted by molar-refractivity contribution is 5.76. The minimum absolute atomic E-state index is 0.00114. The van der Waals surface area contributed by atoms with E-state index < -0.39 is 5.97 Å². The molecule has 1 rings (SSSR count). The Hall–Kier alpha value is -1.26. The number of carbonyl (C=O) groups is 2. The highest BCUT2D eigenvalue weighted by Crippen LogP contribution is 2.25. The number of hydrogen-bond acceptors (Lipinski definition) is 2. The lowest BCUT2D eigenvalue weighted by atomic mass is 9.87. The van der Waals surface area contributed by atoms with E-state index in [2.05, 4.69) is 20.8 Å². The highest BCUT2D eigenvalue weighted by Gasteiger charge is 2.38. The van der Waals surface area contributed by atoms with Crippen molar-refractivity contribution in [2.75, 3.05) is 26.7 Å². The molecule has 1 saturated heterocycles. The van der Waals surface area contributed by atoms with E-state index in [1.165, 1.54) is 0 Å². The van der Waals surface area contributed by atoms with Gasteiger partial charge < -0.3 is 14.9 Å². The minimum Gasteiger partial charge on any atom is -0.481 e. The Labute approximate surface area is 109 Å². The Morgan fingerprint density at radius 3 is 2.28 bits per heavy atom. The molecule has 5 heteroatoms. The van der Waals surface area contributed by atoms with Gasteiger partial charge in [0.15, 0.2) is 0 Å². The van der Waals surface area contributed by atoms with Crippen molar-refractivity contribution in [2.24, 2.45) is 17.3 Å². The number of nitrogens with zero attached hydrogens (tertiary/aromatic N) is 2. The average Bonchev–Trinajstić information content (AvgIpc) is 2.11. The second-order valence-corrected chi connectivity index (χ2v) is 6.49. The van der Waals surface area contributed by atoms with Crippen LogP contribution in [0.4, 0.5) is 4.79 Å². The number of urea groups is 1. The van der Waals surface area contributed by atoms with Crippen LogP contribution in [0.25, 0.3) is 0 Å². The molecule has 104 valence electrons. The van der Waals surface area contributed by atoms with Crippen molar-refractivity contribution in [3.63, 3.8) is 0 Å². The standard InChI is InChI=1S/C13H24N2O3/c1-9(11(16)17)10-6-15(7-10)12(18)14(5)8-13(2,3)4/h9-10H,6-8H2,1-5H3,(H,16,17). The normalized spacial score (nSPS) is 18.2. The summed E-state index contributed by atoms with van der Waals surface area (Å²) in [5.41, 5.74) is 0.0725. The maximum atomic E-state index is 12.0. The zero-order valence-electron chi connectivity index (χ0n) is 11.9. The van der Waals surface area contributed by atoms with Crippen molar-refractivity contribution in [3.8, 4) is 0 Å². The Morgan fingerprint density at radius 2 is 1.89 bits per heavy atom. The summed E-state index contributed by atoms with van der Waals surface area (Å²) in [6.45, 7) is 9.77. The molecule has 0 aliphatic carbocycles. The molecule has 0 aromatic heterocycles. The molecule has 1 atom stereocenters. The lowest BCUT2D eigenvalue weighted by Crippen LogP contribution is -2.57. The van der Waals surface area contributed by atoms with Crippen LogP contribution < -0.4 is 0 Å². The van der Waals surface area contributed by atoms with Crippen molar-refractivity contribution in [1.82, 2.24) is 9.80 Å². The largest absolute Gasteiger partial charge is 0.481 e. The van der Waals surface area contributed by atoms with Crippen LogP contribution >= 0.6 is 0 Å². The lowest BCUT2D eigenvalue weighted by molar-refractivity contribution is -0.144. The van der Waals surface area contributed by atoms with E-state index in [0.717, 1.165) is 0 Å². The molecule has 2 amide bonds. The maximum absolute atomic E-state index is 12.0. The molecule has 0 saturated carbocycles. The van der Waals surface area contributed by atoms with Crippen LogP contribution in [0.15, 0.2) is 0 Å². The van der Waals surface area contributed by atoms with Crippen LogP contribution in [0.1, 0.15) is 27.7 Å². The topological polar surface area (TPSA) is 60.9 Å². The van der Waals surface area contributed by atoms with Gasteiger partial charge in [0.05, 0.1) is 5.92 Å². The first-order chi connectivity index (χ1) is 8.11. The third-order valence-corrected chi connectivity index (χ3v) is 3.32. The van der Waals surface area contributed by atoms with Crippen LogP contribution in [-0.4, -0.2) is 53.6 Å². The smallest absolute Gasteiger partial charge is 0.319 e. The molecule has 0 bridgehead atoms. The SMILES string of the molecule is CC(C(=O)O)C1CN(C(=O)N(C)CC(C)(C)C)C1. The number of likely N-dealkylation sites (tertiary alicyclic amines) is 1. The first-order valence-electron chi connectivity index (χ1n) is 6.34. The second kappa shape index (κ2) is 5.16. The Kier molecular flexibility index (Phi) is 4.24. The van der Waals surface area contributed by atoms with Crippen molar-refractivity contribution in [1.29, 1.82) is 0 Å². The average molecular weight is 256 g/mol. The van der Waals surface area contributed by atoms with Crippen LogP contribution in [0.5, 0.6) is 0 Å². The fourth-order valence-electron chi connectivity index (χ4n) is 2.21. The van der Waals surface area contributed by atoms with E-state index >= 15 is 0 Å². The summed E-state index contributed by atoms with van der Waals surface area (Å²) in [6, 6.07) is -0.00114. The van der Waals surface area contributed by atoms with Crippen LogP contribution in [-0.2, 0) is 4.79 Å². The zero-order chi connectivity index (χ0) is 14.1. The molecule has 0 aromatic carbocycles. The number of hydrogen-bond donors (Lipinski definition) is 1. The van der Waals surface area contributed by atoms with E-state index in [1.54, 1.807) is 23.8 Å². The molecule has 0 spiro atoms. The molecule has 1 unspecified atom stereocenters. The summed E-state index contributed by atoms with van der Waals surface area (Å²) in [5, 5.41) is 8.89.